The maximum atomic E-state index is 10.3. The second kappa shape index (κ2) is 4.85. The summed E-state index contributed by atoms with van der Waals surface area (Å²) < 4.78 is 0. The van der Waals surface area contributed by atoms with Crippen LogP contribution < -0.4 is 0 Å². The fourth-order valence-corrected chi connectivity index (χ4v) is 1.55. The van der Waals surface area contributed by atoms with Crippen molar-refractivity contribution in [3.63, 3.8) is 0 Å². The van der Waals surface area contributed by atoms with Crippen molar-refractivity contribution in [3.8, 4) is 0 Å². The molecule has 2 heteroatoms. The molecule has 0 saturated carbocycles. The van der Waals surface area contributed by atoms with Gasteiger partial charge in [0.1, 0.15) is 0 Å². The first-order valence-electron chi connectivity index (χ1n) is 4.78. The topological polar surface area (TPSA) is 20.3 Å². The highest BCUT2D eigenvalue weighted by atomic mass is 16.1. The molecule has 13 heavy (non-hydrogen) atoms. The molecule has 0 saturated heterocycles. The van der Waals surface area contributed by atoms with Crippen LogP contribution in [0.25, 0.3) is 0 Å². The van der Waals surface area contributed by atoms with Crippen molar-refractivity contribution in [1.29, 1.82) is 0 Å². The second-order valence-corrected chi connectivity index (χ2v) is 3.60. The number of carbonyl (C=O) groups is 1. The molecule has 0 fully saturated rings. The second-order valence-electron chi connectivity index (χ2n) is 3.60. The van der Waals surface area contributed by atoms with E-state index in [1.54, 1.807) is 7.05 Å². The van der Waals surface area contributed by atoms with Gasteiger partial charge in [-0.1, -0.05) is 5.57 Å². The van der Waals surface area contributed by atoms with E-state index in [1.807, 2.05) is 6.20 Å². The van der Waals surface area contributed by atoms with E-state index in [2.05, 4.69) is 13.0 Å². The summed E-state index contributed by atoms with van der Waals surface area (Å²) in [6.45, 7) is 2.18. The summed E-state index contributed by atoms with van der Waals surface area (Å²) in [6, 6.07) is 0. The van der Waals surface area contributed by atoms with Crippen molar-refractivity contribution in [2.45, 2.75) is 32.6 Å². The third kappa shape index (κ3) is 3.05. The molecule has 0 N–H and O–H groups in total. The van der Waals surface area contributed by atoms with Crippen LogP contribution >= 0.6 is 0 Å². The van der Waals surface area contributed by atoms with Gasteiger partial charge in [-0.25, -0.2) is 0 Å². The smallest absolute Gasteiger partial charge is 0.213 e. The summed E-state index contributed by atoms with van der Waals surface area (Å²) in [5.41, 5.74) is 2.88. The van der Waals surface area contributed by atoms with Gasteiger partial charge in [-0.15, -0.1) is 0 Å². The Morgan fingerprint density at radius 2 is 2.00 bits per heavy atom. The zero-order valence-corrected chi connectivity index (χ0v) is 8.42. The standard InChI is InChI=1S/C11H17NO/c1-10-5-3-4-6-11(10)7-8-12(2)9-13/h7-9H,3-6H2,1-2H3/b8-7-. The van der Waals surface area contributed by atoms with Crippen molar-refractivity contribution in [3.05, 3.63) is 23.4 Å². The van der Waals surface area contributed by atoms with Crippen molar-refractivity contribution in [2.75, 3.05) is 7.05 Å². The molecular formula is C11H17NO. The Morgan fingerprint density at radius 1 is 1.31 bits per heavy atom. The van der Waals surface area contributed by atoms with Gasteiger partial charge in [0, 0.05) is 13.2 Å². The number of amides is 1. The molecular weight excluding hydrogens is 162 g/mol. The van der Waals surface area contributed by atoms with E-state index in [-0.39, 0.29) is 0 Å². The van der Waals surface area contributed by atoms with Gasteiger partial charge in [-0.3, -0.25) is 4.79 Å². The highest BCUT2D eigenvalue weighted by molar-refractivity contribution is 5.48. The summed E-state index contributed by atoms with van der Waals surface area (Å²) in [5, 5.41) is 0. The monoisotopic (exact) mass is 179 g/mol. The van der Waals surface area contributed by atoms with Gasteiger partial charge >= 0.3 is 0 Å². The van der Waals surface area contributed by atoms with Gasteiger partial charge in [0.05, 0.1) is 0 Å². The Hall–Kier alpha value is -1.05. The van der Waals surface area contributed by atoms with Gasteiger partial charge in [-0.2, -0.15) is 0 Å². The molecule has 0 heterocycles. The molecule has 0 atom stereocenters. The molecule has 1 aliphatic carbocycles. The Kier molecular flexibility index (Phi) is 3.74. The minimum absolute atomic E-state index is 0.815. The van der Waals surface area contributed by atoms with Crippen molar-refractivity contribution < 1.29 is 4.79 Å². The Balaban J connectivity index is 2.60. The Bertz CT molecular complexity index is 240. The number of hydrogen-bond acceptors (Lipinski definition) is 1. The molecule has 0 aromatic heterocycles. The van der Waals surface area contributed by atoms with Crippen LogP contribution in [0.4, 0.5) is 0 Å². The van der Waals surface area contributed by atoms with E-state index in [4.69, 9.17) is 0 Å². The lowest BCUT2D eigenvalue weighted by molar-refractivity contribution is -0.114. The highest BCUT2D eigenvalue weighted by Gasteiger charge is 2.05. The molecule has 1 amide bonds. The lowest BCUT2D eigenvalue weighted by Gasteiger charge is -2.14. The van der Waals surface area contributed by atoms with Crippen LogP contribution in [0.3, 0.4) is 0 Å². The molecule has 1 aliphatic rings. The summed E-state index contributed by atoms with van der Waals surface area (Å²) in [7, 11) is 1.75. The van der Waals surface area contributed by atoms with Crippen LogP contribution in [0, 0.1) is 0 Å². The lowest BCUT2D eigenvalue weighted by atomic mass is 9.93. The van der Waals surface area contributed by atoms with E-state index < -0.39 is 0 Å². The van der Waals surface area contributed by atoms with Crippen molar-refractivity contribution in [2.24, 2.45) is 0 Å². The van der Waals surface area contributed by atoms with Gasteiger partial charge < -0.3 is 4.90 Å². The maximum absolute atomic E-state index is 10.3. The third-order valence-corrected chi connectivity index (χ3v) is 2.47. The van der Waals surface area contributed by atoms with Crippen molar-refractivity contribution >= 4 is 6.41 Å². The fraction of sp³-hybridized carbons (Fsp3) is 0.545. The van der Waals surface area contributed by atoms with E-state index in [0.29, 0.717) is 0 Å². The van der Waals surface area contributed by atoms with Gasteiger partial charge in [-0.05, 0) is 44.3 Å². The summed E-state index contributed by atoms with van der Waals surface area (Å²) in [5.74, 6) is 0. The summed E-state index contributed by atoms with van der Waals surface area (Å²) in [6.07, 6.45) is 9.67. The Morgan fingerprint density at radius 3 is 2.62 bits per heavy atom. The van der Waals surface area contributed by atoms with Crippen LogP contribution in [0.2, 0.25) is 0 Å². The molecule has 0 aromatic rings. The lowest BCUT2D eigenvalue weighted by Crippen LogP contribution is -2.06. The Labute approximate surface area is 79.9 Å². The zero-order valence-electron chi connectivity index (χ0n) is 8.42. The van der Waals surface area contributed by atoms with Crippen LogP contribution in [0.5, 0.6) is 0 Å². The number of nitrogens with zero attached hydrogens (tertiary/aromatic N) is 1. The fourth-order valence-electron chi connectivity index (χ4n) is 1.55. The van der Waals surface area contributed by atoms with Crippen LogP contribution in [-0.4, -0.2) is 18.4 Å². The van der Waals surface area contributed by atoms with Gasteiger partial charge in [0.15, 0.2) is 0 Å². The first-order chi connectivity index (χ1) is 6.24. The molecule has 0 aromatic carbocycles. The average Bonchev–Trinajstić information content (AvgIpc) is 2.16. The molecule has 0 bridgehead atoms. The molecule has 0 unspecified atom stereocenters. The molecule has 0 aliphatic heterocycles. The molecule has 0 spiro atoms. The summed E-state index contributed by atoms with van der Waals surface area (Å²) in [4.78, 5) is 11.9. The minimum atomic E-state index is 0.815. The molecule has 2 nitrogen and oxygen atoms in total. The molecule has 0 radical (unpaired) electrons. The van der Waals surface area contributed by atoms with Gasteiger partial charge in [0.25, 0.3) is 0 Å². The summed E-state index contributed by atoms with van der Waals surface area (Å²) >= 11 is 0. The van der Waals surface area contributed by atoms with E-state index in [9.17, 15) is 4.79 Å². The van der Waals surface area contributed by atoms with Crippen LogP contribution in [-0.2, 0) is 4.79 Å². The van der Waals surface area contributed by atoms with E-state index in [0.717, 1.165) is 12.8 Å². The van der Waals surface area contributed by atoms with Crippen LogP contribution in [0.15, 0.2) is 23.4 Å². The van der Waals surface area contributed by atoms with Crippen LogP contribution in [0.1, 0.15) is 32.6 Å². The quantitative estimate of drug-likeness (QED) is 0.609. The maximum Gasteiger partial charge on any atom is 0.213 e. The van der Waals surface area contributed by atoms with Crippen molar-refractivity contribution in [1.82, 2.24) is 4.90 Å². The minimum Gasteiger partial charge on any atom is -0.325 e. The molecule has 1 rings (SSSR count). The zero-order chi connectivity index (χ0) is 9.68. The number of rotatable bonds is 3. The number of allylic oxidation sites excluding steroid dienone is 3. The number of carbonyl (C=O) groups excluding carboxylic acids is 1. The largest absolute Gasteiger partial charge is 0.325 e. The first-order valence-corrected chi connectivity index (χ1v) is 4.78. The SMILES string of the molecule is CC1=C(/C=C\N(C)C=O)CCCC1. The highest BCUT2D eigenvalue weighted by Crippen LogP contribution is 2.24. The number of hydrogen-bond donors (Lipinski definition) is 0. The van der Waals surface area contributed by atoms with E-state index >= 15 is 0 Å². The average molecular weight is 179 g/mol. The van der Waals surface area contributed by atoms with Gasteiger partial charge in [0.2, 0.25) is 6.41 Å². The predicted octanol–water partition coefficient (Wildman–Crippen LogP) is 2.48. The van der Waals surface area contributed by atoms with E-state index in [1.165, 1.54) is 35.3 Å². The third-order valence-electron chi connectivity index (χ3n) is 2.47. The molecule has 72 valence electrons. The first kappa shape index (κ1) is 10.0. The normalized spacial score (nSPS) is 18.0. The predicted molar refractivity (Wildman–Crippen MR) is 54.1 cm³/mol.